The van der Waals surface area contributed by atoms with Gasteiger partial charge in [0.15, 0.2) is 7.05 Å². The van der Waals surface area contributed by atoms with Gasteiger partial charge in [-0.05, 0) is 6.92 Å². The summed E-state index contributed by atoms with van der Waals surface area (Å²) in [5.41, 5.74) is 2.60. The lowest BCUT2D eigenvalue weighted by Gasteiger charge is -1.90. The first-order chi connectivity index (χ1) is 4.13. The van der Waals surface area contributed by atoms with Crippen molar-refractivity contribution in [2.75, 3.05) is 0 Å². The first kappa shape index (κ1) is 9.94. The average molecular weight is 253 g/mol. The number of hydrogen-bond acceptors (Lipinski definition) is 0. The van der Waals surface area contributed by atoms with Gasteiger partial charge in [-0.3, -0.25) is 0 Å². The van der Waals surface area contributed by atoms with Gasteiger partial charge < -0.3 is 0 Å². The van der Waals surface area contributed by atoms with E-state index in [2.05, 4.69) is 43.4 Å². The van der Waals surface area contributed by atoms with Crippen LogP contribution in [0.1, 0.15) is 11.4 Å². The summed E-state index contributed by atoms with van der Waals surface area (Å²) in [5, 5.41) is 0. The molecule has 0 N–H and O–H groups in total. The Morgan fingerprint density at radius 1 is 1.40 bits per heavy atom. The van der Waals surface area contributed by atoms with Crippen molar-refractivity contribution in [3.63, 3.8) is 0 Å². The number of hydrogen-bond donors (Lipinski definition) is 0. The van der Waals surface area contributed by atoms with Crippen LogP contribution >= 0.6 is 24.0 Å². The largest absolute Gasteiger partial charge is 0.204 e. The van der Waals surface area contributed by atoms with Crippen molar-refractivity contribution in [2.24, 2.45) is 14.1 Å². The summed E-state index contributed by atoms with van der Waals surface area (Å²) in [4.78, 5) is 0. The van der Waals surface area contributed by atoms with Crippen LogP contribution in [0.3, 0.4) is 0 Å². The van der Waals surface area contributed by atoms with Crippen molar-refractivity contribution in [2.45, 2.75) is 13.8 Å². The standard InChI is InChI=1S/C7H13N2.HI/c1-6-5-7(2)9(4)8(6)3;/h5H,1-4H3;1H/q+1;. The monoisotopic (exact) mass is 253 g/mol. The minimum atomic E-state index is 0. The molecule has 2 nitrogen and oxygen atoms in total. The van der Waals surface area contributed by atoms with Crippen LogP contribution in [0.15, 0.2) is 6.07 Å². The maximum absolute atomic E-state index is 2.17. The Morgan fingerprint density at radius 2 is 1.90 bits per heavy atom. The molecule has 0 unspecified atom stereocenters. The van der Waals surface area contributed by atoms with Gasteiger partial charge in [-0.25, -0.2) is 0 Å². The minimum Gasteiger partial charge on any atom is -0.161 e. The molecule has 1 rings (SSSR count). The fourth-order valence-electron chi connectivity index (χ4n) is 0.962. The lowest BCUT2D eigenvalue weighted by atomic mass is 10.4. The molecule has 0 radical (unpaired) electrons. The average Bonchev–Trinajstić information content (AvgIpc) is 1.98. The zero-order valence-electron chi connectivity index (χ0n) is 6.88. The fraction of sp³-hybridized carbons (Fsp3) is 0.571. The highest BCUT2D eigenvalue weighted by Crippen LogP contribution is 1.94. The van der Waals surface area contributed by atoms with E-state index >= 15 is 0 Å². The maximum atomic E-state index is 2.17. The second-order valence-electron chi connectivity index (χ2n) is 2.47. The van der Waals surface area contributed by atoms with E-state index in [1.165, 1.54) is 11.4 Å². The van der Waals surface area contributed by atoms with E-state index in [9.17, 15) is 0 Å². The van der Waals surface area contributed by atoms with Crippen LogP contribution in [0.25, 0.3) is 0 Å². The smallest absolute Gasteiger partial charge is 0.161 e. The molecule has 0 saturated carbocycles. The van der Waals surface area contributed by atoms with Gasteiger partial charge >= 0.3 is 0 Å². The van der Waals surface area contributed by atoms with Gasteiger partial charge in [-0.1, -0.05) is 0 Å². The van der Waals surface area contributed by atoms with Gasteiger partial charge in [0, 0.05) is 13.0 Å². The molecule has 0 aliphatic carbocycles. The third-order valence-electron chi connectivity index (χ3n) is 1.89. The number of aryl methyl sites for hydroxylation is 2. The van der Waals surface area contributed by atoms with Crippen molar-refractivity contribution in [3.05, 3.63) is 17.5 Å². The van der Waals surface area contributed by atoms with Gasteiger partial charge in [-0.15, -0.1) is 28.7 Å². The van der Waals surface area contributed by atoms with Gasteiger partial charge in [0.25, 0.3) is 0 Å². The number of aromatic nitrogens is 2. The Labute approximate surface area is 78.9 Å². The van der Waals surface area contributed by atoms with Crippen LogP contribution in [0.2, 0.25) is 0 Å². The zero-order valence-corrected chi connectivity index (χ0v) is 9.21. The molecule has 0 aromatic carbocycles. The third kappa shape index (κ3) is 1.51. The zero-order chi connectivity index (χ0) is 7.02. The quantitative estimate of drug-likeness (QED) is 0.483. The van der Waals surface area contributed by atoms with E-state index in [0.717, 1.165) is 0 Å². The Kier molecular flexibility index (Phi) is 3.35. The highest BCUT2D eigenvalue weighted by Gasteiger charge is 2.06. The van der Waals surface area contributed by atoms with Crippen molar-refractivity contribution < 1.29 is 4.68 Å². The second kappa shape index (κ2) is 3.37. The summed E-state index contributed by atoms with van der Waals surface area (Å²) in [6, 6.07) is 2.17. The van der Waals surface area contributed by atoms with Crippen molar-refractivity contribution >= 4 is 24.0 Å². The predicted octanol–water partition coefficient (Wildman–Crippen LogP) is 1.08. The maximum Gasteiger partial charge on any atom is 0.204 e. The van der Waals surface area contributed by atoms with Crippen molar-refractivity contribution in [3.8, 4) is 0 Å². The molecule has 0 atom stereocenters. The number of nitrogens with zero attached hydrogens (tertiary/aromatic N) is 2. The Bertz CT molecular complexity index is 205. The van der Waals surface area contributed by atoms with Crippen LogP contribution < -0.4 is 4.68 Å². The molecule has 10 heavy (non-hydrogen) atoms. The summed E-state index contributed by atoms with van der Waals surface area (Å²) >= 11 is 0. The third-order valence-corrected chi connectivity index (χ3v) is 1.89. The van der Waals surface area contributed by atoms with Crippen LogP contribution in [0.5, 0.6) is 0 Å². The van der Waals surface area contributed by atoms with Gasteiger partial charge in [-0.2, -0.15) is 4.68 Å². The van der Waals surface area contributed by atoms with Crippen LogP contribution in [0.4, 0.5) is 0 Å². The SMILES string of the molecule is Cc1cc(C)[n+](C)n1C.I. The molecular weight excluding hydrogens is 239 g/mol. The van der Waals surface area contributed by atoms with Crippen LogP contribution in [-0.2, 0) is 14.1 Å². The number of rotatable bonds is 0. The Morgan fingerprint density at radius 3 is 2.00 bits per heavy atom. The van der Waals surface area contributed by atoms with E-state index < -0.39 is 0 Å². The molecule has 0 amide bonds. The minimum absolute atomic E-state index is 0. The molecule has 0 saturated heterocycles. The van der Waals surface area contributed by atoms with Crippen LogP contribution in [0, 0.1) is 13.8 Å². The fourth-order valence-corrected chi connectivity index (χ4v) is 0.962. The van der Waals surface area contributed by atoms with Crippen LogP contribution in [-0.4, -0.2) is 4.68 Å². The Balaban J connectivity index is 0.000000810. The first-order valence-electron chi connectivity index (χ1n) is 3.12. The van der Waals surface area contributed by atoms with E-state index in [1.54, 1.807) is 0 Å². The molecule has 0 spiro atoms. The van der Waals surface area contributed by atoms with Gasteiger partial charge in [0.1, 0.15) is 0 Å². The molecule has 3 heteroatoms. The van der Waals surface area contributed by atoms with Crippen molar-refractivity contribution in [1.82, 2.24) is 4.68 Å². The summed E-state index contributed by atoms with van der Waals surface area (Å²) in [7, 11) is 4.12. The normalized spacial score (nSPS) is 9.20. The lowest BCUT2D eigenvalue weighted by molar-refractivity contribution is -0.756. The van der Waals surface area contributed by atoms with E-state index in [-0.39, 0.29) is 24.0 Å². The van der Waals surface area contributed by atoms with E-state index in [4.69, 9.17) is 0 Å². The van der Waals surface area contributed by atoms with E-state index in [1.807, 2.05) is 0 Å². The van der Waals surface area contributed by atoms with Crippen molar-refractivity contribution in [1.29, 1.82) is 0 Å². The highest BCUT2D eigenvalue weighted by molar-refractivity contribution is 14.0. The number of halogens is 1. The molecule has 0 fully saturated rings. The van der Waals surface area contributed by atoms with Gasteiger partial charge in [0.2, 0.25) is 5.69 Å². The second-order valence-corrected chi connectivity index (χ2v) is 2.47. The lowest BCUT2D eigenvalue weighted by Crippen LogP contribution is -2.39. The molecule has 1 heterocycles. The Hall–Kier alpha value is -0.0600. The molecule has 0 aliphatic heterocycles. The molecule has 0 bridgehead atoms. The first-order valence-corrected chi connectivity index (χ1v) is 3.12. The summed E-state index contributed by atoms with van der Waals surface area (Å²) in [5.74, 6) is 0. The summed E-state index contributed by atoms with van der Waals surface area (Å²) in [6.07, 6.45) is 0. The van der Waals surface area contributed by atoms with E-state index in [0.29, 0.717) is 0 Å². The predicted molar refractivity (Wildman–Crippen MR) is 51.5 cm³/mol. The highest BCUT2D eigenvalue weighted by atomic mass is 127. The summed E-state index contributed by atoms with van der Waals surface area (Å²) < 4.78 is 4.24. The molecule has 0 aliphatic rings. The van der Waals surface area contributed by atoms with Gasteiger partial charge in [0.05, 0.1) is 12.7 Å². The molecule has 1 aromatic heterocycles. The topological polar surface area (TPSA) is 8.81 Å². The summed E-state index contributed by atoms with van der Waals surface area (Å²) in [6.45, 7) is 4.21. The molecule has 1 aromatic rings. The molecule has 58 valence electrons. The molecular formula is C7H14IN2+.